The third-order valence-electron chi connectivity index (χ3n) is 7.27. The van der Waals surface area contributed by atoms with Gasteiger partial charge in [-0.05, 0) is 62.7 Å². The highest BCUT2D eigenvalue weighted by Crippen LogP contribution is 2.52. The van der Waals surface area contributed by atoms with Gasteiger partial charge in [0.15, 0.2) is 0 Å². The standard InChI is InChI=1S/C33H30O/c1-4-8-22-11-12-23-15-17-29-32(27(23)19-22)31(25-9-6-5-7-10-25)33-28-20-26(21(2)3)14-13-24(28)16-18-30(33)34-29/h5-7,9-21,31H,4,8H2,1-3H3. The number of hydrogen-bond donors (Lipinski definition) is 0. The minimum atomic E-state index is 0.117. The lowest BCUT2D eigenvalue weighted by molar-refractivity contribution is 0.456. The fraction of sp³-hybridized carbons (Fsp3) is 0.212. The van der Waals surface area contributed by atoms with Crippen LogP contribution in [0.4, 0.5) is 0 Å². The molecule has 1 nitrogen and oxygen atoms in total. The molecule has 0 radical (unpaired) electrons. The Bertz CT molecular complexity index is 1510. The van der Waals surface area contributed by atoms with Crippen molar-refractivity contribution < 1.29 is 4.74 Å². The van der Waals surface area contributed by atoms with Gasteiger partial charge in [0.25, 0.3) is 0 Å². The monoisotopic (exact) mass is 442 g/mol. The van der Waals surface area contributed by atoms with E-state index in [1.54, 1.807) is 0 Å². The Morgan fingerprint density at radius 1 is 0.706 bits per heavy atom. The Hall–Kier alpha value is -3.58. The van der Waals surface area contributed by atoms with Crippen LogP contribution in [-0.4, -0.2) is 0 Å². The van der Waals surface area contributed by atoms with E-state index in [9.17, 15) is 0 Å². The van der Waals surface area contributed by atoms with Gasteiger partial charge in [0.1, 0.15) is 11.5 Å². The zero-order valence-electron chi connectivity index (χ0n) is 20.1. The zero-order chi connectivity index (χ0) is 23.2. The first-order chi connectivity index (χ1) is 16.6. The van der Waals surface area contributed by atoms with Gasteiger partial charge < -0.3 is 4.74 Å². The molecule has 1 heterocycles. The summed E-state index contributed by atoms with van der Waals surface area (Å²) in [4.78, 5) is 0. The molecule has 0 saturated heterocycles. The molecule has 1 unspecified atom stereocenters. The van der Waals surface area contributed by atoms with E-state index in [-0.39, 0.29) is 5.92 Å². The number of ether oxygens (including phenoxy) is 1. The second-order valence-corrected chi connectivity index (χ2v) is 9.84. The Morgan fingerprint density at radius 2 is 1.32 bits per heavy atom. The summed E-state index contributed by atoms with van der Waals surface area (Å²) in [6.45, 7) is 6.77. The molecular weight excluding hydrogens is 412 g/mol. The lowest BCUT2D eigenvalue weighted by Crippen LogP contribution is -2.13. The molecule has 0 aliphatic carbocycles. The summed E-state index contributed by atoms with van der Waals surface area (Å²) in [6.07, 6.45) is 2.23. The smallest absolute Gasteiger partial charge is 0.132 e. The largest absolute Gasteiger partial charge is 0.457 e. The van der Waals surface area contributed by atoms with Crippen molar-refractivity contribution in [1.29, 1.82) is 0 Å². The number of hydrogen-bond acceptors (Lipinski definition) is 1. The maximum atomic E-state index is 6.65. The number of rotatable bonds is 4. The Morgan fingerprint density at radius 3 is 1.97 bits per heavy atom. The highest BCUT2D eigenvalue weighted by molar-refractivity contribution is 5.95. The summed E-state index contributed by atoms with van der Waals surface area (Å²) in [5.41, 5.74) is 6.63. The van der Waals surface area contributed by atoms with Gasteiger partial charge in [0.05, 0.1) is 0 Å². The van der Waals surface area contributed by atoms with Crippen molar-refractivity contribution in [1.82, 2.24) is 0 Å². The van der Waals surface area contributed by atoms with E-state index in [2.05, 4.69) is 112 Å². The summed E-state index contributed by atoms with van der Waals surface area (Å²) in [7, 11) is 0. The van der Waals surface area contributed by atoms with E-state index in [4.69, 9.17) is 4.74 Å². The minimum absolute atomic E-state index is 0.117. The van der Waals surface area contributed by atoms with Crippen LogP contribution in [0.25, 0.3) is 21.5 Å². The second-order valence-electron chi connectivity index (χ2n) is 9.84. The van der Waals surface area contributed by atoms with Crippen molar-refractivity contribution in [3.8, 4) is 11.5 Å². The maximum absolute atomic E-state index is 6.65. The lowest BCUT2D eigenvalue weighted by Gasteiger charge is -2.31. The molecule has 6 rings (SSSR count). The van der Waals surface area contributed by atoms with E-state index in [0.717, 1.165) is 24.3 Å². The fourth-order valence-corrected chi connectivity index (χ4v) is 5.53. The molecule has 1 aliphatic rings. The molecule has 5 aromatic carbocycles. The normalized spacial score (nSPS) is 14.8. The van der Waals surface area contributed by atoms with E-state index < -0.39 is 0 Å². The van der Waals surface area contributed by atoms with Gasteiger partial charge in [-0.3, -0.25) is 0 Å². The Balaban J connectivity index is 1.71. The third-order valence-corrected chi connectivity index (χ3v) is 7.27. The Kier molecular flexibility index (Phi) is 5.14. The van der Waals surface area contributed by atoms with Gasteiger partial charge in [-0.1, -0.05) is 106 Å². The first-order valence-electron chi connectivity index (χ1n) is 12.5. The van der Waals surface area contributed by atoms with Crippen LogP contribution >= 0.6 is 0 Å². The van der Waals surface area contributed by atoms with Crippen LogP contribution < -0.4 is 4.74 Å². The molecular formula is C33H30O. The van der Waals surface area contributed by atoms with Crippen LogP contribution in [0.15, 0.2) is 91.0 Å². The molecule has 168 valence electrons. The average molecular weight is 443 g/mol. The molecule has 34 heavy (non-hydrogen) atoms. The molecule has 5 aromatic rings. The summed E-state index contributed by atoms with van der Waals surface area (Å²) < 4.78 is 6.65. The minimum Gasteiger partial charge on any atom is -0.457 e. The fourth-order valence-electron chi connectivity index (χ4n) is 5.53. The average Bonchev–Trinajstić information content (AvgIpc) is 2.87. The molecule has 0 amide bonds. The molecule has 0 saturated carbocycles. The van der Waals surface area contributed by atoms with Crippen molar-refractivity contribution in [2.75, 3.05) is 0 Å². The zero-order valence-corrected chi connectivity index (χ0v) is 20.1. The van der Waals surface area contributed by atoms with Crippen molar-refractivity contribution in [2.45, 2.75) is 45.4 Å². The summed E-state index contributed by atoms with van der Waals surface area (Å²) >= 11 is 0. The maximum Gasteiger partial charge on any atom is 0.132 e. The van der Waals surface area contributed by atoms with Crippen molar-refractivity contribution >= 4 is 21.5 Å². The highest BCUT2D eigenvalue weighted by Gasteiger charge is 2.32. The lowest BCUT2D eigenvalue weighted by atomic mass is 9.78. The van der Waals surface area contributed by atoms with Crippen LogP contribution in [0.5, 0.6) is 11.5 Å². The summed E-state index contributed by atoms with van der Waals surface area (Å²) in [5.74, 6) is 2.54. The van der Waals surface area contributed by atoms with Crippen LogP contribution in [-0.2, 0) is 6.42 Å². The Labute approximate surface area is 202 Å². The van der Waals surface area contributed by atoms with E-state index in [1.165, 1.54) is 49.4 Å². The molecule has 0 N–H and O–H groups in total. The van der Waals surface area contributed by atoms with Crippen LogP contribution in [0.2, 0.25) is 0 Å². The molecule has 1 atom stereocenters. The molecule has 1 heteroatoms. The van der Waals surface area contributed by atoms with E-state index >= 15 is 0 Å². The van der Waals surface area contributed by atoms with Crippen LogP contribution in [0, 0.1) is 0 Å². The van der Waals surface area contributed by atoms with Gasteiger partial charge in [-0.25, -0.2) is 0 Å². The number of fused-ring (bicyclic) bond motifs is 6. The topological polar surface area (TPSA) is 9.23 Å². The number of benzene rings is 5. The third kappa shape index (κ3) is 3.39. The van der Waals surface area contributed by atoms with Crippen LogP contribution in [0.3, 0.4) is 0 Å². The van der Waals surface area contributed by atoms with E-state index in [1.807, 2.05) is 0 Å². The molecule has 0 fully saturated rings. The first kappa shape index (κ1) is 21.0. The van der Waals surface area contributed by atoms with Gasteiger partial charge in [-0.2, -0.15) is 0 Å². The quantitative estimate of drug-likeness (QED) is 0.264. The van der Waals surface area contributed by atoms with Crippen molar-refractivity contribution in [3.05, 3.63) is 119 Å². The van der Waals surface area contributed by atoms with Crippen molar-refractivity contribution in [2.24, 2.45) is 0 Å². The van der Waals surface area contributed by atoms with E-state index in [0.29, 0.717) is 5.92 Å². The predicted octanol–water partition coefficient (Wildman–Crippen LogP) is 9.35. The van der Waals surface area contributed by atoms with Gasteiger partial charge >= 0.3 is 0 Å². The summed E-state index contributed by atoms with van der Waals surface area (Å²) in [5, 5.41) is 5.14. The predicted molar refractivity (Wildman–Crippen MR) is 143 cm³/mol. The van der Waals surface area contributed by atoms with Gasteiger partial charge in [-0.15, -0.1) is 0 Å². The summed E-state index contributed by atoms with van der Waals surface area (Å²) in [6, 6.07) is 33.5. The van der Waals surface area contributed by atoms with Gasteiger partial charge in [0.2, 0.25) is 0 Å². The molecule has 0 bridgehead atoms. The number of aryl methyl sites for hydroxylation is 1. The SMILES string of the molecule is CCCc1ccc2ccc3c(c2c1)C(c1ccccc1)c1c(ccc2ccc(C(C)C)cc12)O3. The molecule has 0 spiro atoms. The first-order valence-corrected chi connectivity index (χ1v) is 12.5. The molecule has 1 aliphatic heterocycles. The van der Waals surface area contributed by atoms with Crippen molar-refractivity contribution in [3.63, 3.8) is 0 Å². The van der Waals surface area contributed by atoms with Crippen LogP contribution in [0.1, 0.15) is 66.8 Å². The second kappa shape index (κ2) is 8.33. The highest BCUT2D eigenvalue weighted by atomic mass is 16.5. The van der Waals surface area contributed by atoms with Gasteiger partial charge in [0, 0.05) is 17.0 Å². The molecule has 0 aromatic heterocycles.